The molecule has 0 aromatic carbocycles. The number of hydrogen-bond donors (Lipinski definition) is 1. The average Bonchev–Trinajstić information content (AvgIpc) is 2.85. The summed E-state index contributed by atoms with van der Waals surface area (Å²) >= 11 is 0. The molecule has 0 fully saturated rings. The fraction of sp³-hybridized carbons (Fsp3) is 0.969. The van der Waals surface area contributed by atoms with Crippen molar-refractivity contribution < 1.29 is 9.90 Å². The van der Waals surface area contributed by atoms with Crippen LogP contribution in [0.3, 0.4) is 0 Å². The summed E-state index contributed by atoms with van der Waals surface area (Å²) < 4.78 is 0. The first kappa shape index (κ1) is 33.6. The Bertz CT molecular complexity index is 381. The molecule has 0 amide bonds. The van der Waals surface area contributed by atoms with Crippen LogP contribution in [-0.2, 0) is 4.79 Å². The highest BCUT2D eigenvalue weighted by atomic mass is 16.3. The Morgan fingerprint density at radius 2 is 0.706 bits per heavy atom. The van der Waals surface area contributed by atoms with Crippen molar-refractivity contribution in [3.63, 3.8) is 0 Å². The lowest BCUT2D eigenvalue weighted by molar-refractivity contribution is -0.114. The molecule has 2 atom stereocenters. The highest BCUT2D eigenvalue weighted by Crippen LogP contribution is 2.19. The molecule has 0 aliphatic carbocycles. The third-order valence-corrected chi connectivity index (χ3v) is 7.66. The van der Waals surface area contributed by atoms with Gasteiger partial charge < -0.3 is 9.90 Å². The molecule has 204 valence electrons. The SMILES string of the molecule is CCCCCCCCCCCCCCCC(O)C(C=O)CCCCCCCCCCCCCC. The summed E-state index contributed by atoms with van der Waals surface area (Å²) in [5.41, 5.74) is 0. The summed E-state index contributed by atoms with van der Waals surface area (Å²) in [4.78, 5) is 11.5. The minimum absolute atomic E-state index is 0.138. The molecule has 2 heteroatoms. The number of carbonyl (C=O) groups excluding carboxylic acids is 1. The summed E-state index contributed by atoms with van der Waals surface area (Å²) in [6.45, 7) is 4.56. The van der Waals surface area contributed by atoms with Crippen LogP contribution in [0.1, 0.15) is 187 Å². The second-order valence-electron chi connectivity index (χ2n) is 11.1. The largest absolute Gasteiger partial charge is 0.392 e. The first-order chi connectivity index (χ1) is 16.8. The van der Waals surface area contributed by atoms with Crippen molar-refractivity contribution in [2.75, 3.05) is 0 Å². The van der Waals surface area contributed by atoms with Gasteiger partial charge in [0.2, 0.25) is 0 Å². The van der Waals surface area contributed by atoms with E-state index in [-0.39, 0.29) is 5.92 Å². The standard InChI is InChI=1S/C32H64O2/c1-3-5-7-9-11-13-15-17-19-21-23-25-27-29-32(34)31(30-33)28-26-24-22-20-18-16-14-12-10-8-6-4-2/h30-32,34H,3-29H2,1-2H3. The van der Waals surface area contributed by atoms with Crippen molar-refractivity contribution in [2.45, 2.75) is 193 Å². The van der Waals surface area contributed by atoms with Gasteiger partial charge in [-0.2, -0.15) is 0 Å². The molecular weight excluding hydrogens is 416 g/mol. The predicted molar refractivity (Wildman–Crippen MR) is 152 cm³/mol. The molecular formula is C32H64O2. The predicted octanol–water partition coefficient (Wildman–Crippen LogP) is 10.7. The fourth-order valence-corrected chi connectivity index (χ4v) is 5.16. The van der Waals surface area contributed by atoms with E-state index in [1.165, 1.54) is 148 Å². The summed E-state index contributed by atoms with van der Waals surface area (Å²) in [7, 11) is 0. The molecule has 1 N–H and O–H groups in total. The number of aliphatic hydroxyl groups excluding tert-OH is 1. The number of rotatable bonds is 29. The first-order valence-electron chi connectivity index (χ1n) is 15.9. The van der Waals surface area contributed by atoms with Gasteiger partial charge in [-0.05, 0) is 12.8 Å². The van der Waals surface area contributed by atoms with Crippen LogP contribution < -0.4 is 0 Å². The molecule has 0 aromatic rings. The van der Waals surface area contributed by atoms with E-state index >= 15 is 0 Å². The van der Waals surface area contributed by atoms with Crippen molar-refractivity contribution in [3.05, 3.63) is 0 Å². The van der Waals surface area contributed by atoms with E-state index in [1.807, 2.05) is 0 Å². The van der Waals surface area contributed by atoms with Crippen molar-refractivity contribution >= 4 is 6.29 Å². The van der Waals surface area contributed by atoms with Gasteiger partial charge in [-0.25, -0.2) is 0 Å². The molecule has 0 aliphatic rings. The zero-order valence-corrected chi connectivity index (χ0v) is 23.7. The van der Waals surface area contributed by atoms with Crippen LogP contribution in [-0.4, -0.2) is 17.5 Å². The van der Waals surface area contributed by atoms with Crippen LogP contribution in [0.4, 0.5) is 0 Å². The molecule has 0 aliphatic heterocycles. The Kier molecular flexibility index (Phi) is 28.6. The topological polar surface area (TPSA) is 37.3 Å². The zero-order valence-electron chi connectivity index (χ0n) is 23.7. The van der Waals surface area contributed by atoms with E-state index in [9.17, 15) is 9.90 Å². The van der Waals surface area contributed by atoms with E-state index in [0.717, 1.165) is 32.0 Å². The normalized spacial score (nSPS) is 13.3. The van der Waals surface area contributed by atoms with E-state index in [0.29, 0.717) is 0 Å². The van der Waals surface area contributed by atoms with Crippen LogP contribution in [0.15, 0.2) is 0 Å². The molecule has 34 heavy (non-hydrogen) atoms. The molecule has 0 heterocycles. The van der Waals surface area contributed by atoms with Crippen molar-refractivity contribution in [1.29, 1.82) is 0 Å². The summed E-state index contributed by atoms with van der Waals surface area (Å²) in [5.74, 6) is -0.138. The average molecular weight is 481 g/mol. The van der Waals surface area contributed by atoms with Gasteiger partial charge in [-0.3, -0.25) is 0 Å². The minimum Gasteiger partial charge on any atom is -0.392 e. The monoisotopic (exact) mass is 480 g/mol. The third-order valence-electron chi connectivity index (χ3n) is 7.66. The third kappa shape index (κ3) is 24.7. The van der Waals surface area contributed by atoms with Crippen LogP contribution in [0.2, 0.25) is 0 Å². The lowest BCUT2D eigenvalue weighted by Crippen LogP contribution is -2.21. The Morgan fingerprint density at radius 1 is 0.441 bits per heavy atom. The van der Waals surface area contributed by atoms with Gasteiger partial charge in [-0.1, -0.05) is 174 Å². The molecule has 0 spiro atoms. The molecule has 0 radical (unpaired) electrons. The zero-order chi connectivity index (χ0) is 25.0. The maximum atomic E-state index is 11.5. The first-order valence-corrected chi connectivity index (χ1v) is 15.9. The van der Waals surface area contributed by atoms with Crippen LogP contribution in [0.5, 0.6) is 0 Å². The highest BCUT2D eigenvalue weighted by molar-refractivity contribution is 5.54. The maximum absolute atomic E-state index is 11.5. The number of hydrogen-bond acceptors (Lipinski definition) is 2. The summed E-state index contributed by atoms with van der Waals surface area (Å²) in [5, 5.41) is 10.4. The molecule has 0 bridgehead atoms. The van der Waals surface area contributed by atoms with Gasteiger partial charge in [-0.15, -0.1) is 0 Å². The van der Waals surface area contributed by atoms with Crippen molar-refractivity contribution in [1.82, 2.24) is 0 Å². The number of unbranched alkanes of at least 4 members (excludes halogenated alkanes) is 23. The second-order valence-corrected chi connectivity index (χ2v) is 11.1. The van der Waals surface area contributed by atoms with Crippen LogP contribution >= 0.6 is 0 Å². The number of aliphatic hydroxyl groups is 1. The Balaban J connectivity index is 3.42. The van der Waals surface area contributed by atoms with E-state index in [1.54, 1.807) is 0 Å². The van der Waals surface area contributed by atoms with Crippen molar-refractivity contribution in [2.24, 2.45) is 5.92 Å². The Labute approximate surface area is 215 Å². The summed E-state index contributed by atoms with van der Waals surface area (Å²) in [6, 6.07) is 0. The van der Waals surface area contributed by atoms with E-state index in [4.69, 9.17) is 0 Å². The van der Waals surface area contributed by atoms with E-state index in [2.05, 4.69) is 13.8 Å². The van der Waals surface area contributed by atoms with Gasteiger partial charge >= 0.3 is 0 Å². The van der Waals surface area contributed by atoms with Gasteiger partial charge in [0.1, 0.15) is 6.29 Å². The van der Waals surface area contributed by atoms with Crippen LogP contribution in [0, 0.1) is 5.92 Å². The second kappa shape index (κ2) is 28.9. The molecule has 0 saturated heterocycles. The number of aldehydes is 1. The smallest absolute Gasteiger partial charge is 0.125 e. The quantitative estimate of drug-likeness (QED) is 0.0853. The number of carbonyl (C=O) groups is 1. The summed E-state index contributed by atoms with van der Waals surface area (Å²) in [6.07, 6.45) is 35.9. The molecule has 0 rings (SSSR count). The van der Waals surface area contributed by atoms with Gasteiger partial charge in [0.05, 0.1) is 6.10 Å². The van der Waals surface area contributed by atoms with E-state index < -0.39 is 6.10 Å². The molecule has 0 saturated carbocycles. The van der Waals surface area contributed by atoms with Crippen LogP contribution in [0.25, 0.3) is 0 Å². The van der Waals surface area contributed by atoms with Gasteiger partial charge in [0, 0.05) is 5.92 Å². The Hall–Kier alpha value is -0.370. The van der Waals surface area contributed by atoms with Gasteiger partial charge in [0.15, 0.2) is 0 Å². The maximum Gasteiger partial charge on any atom is 0.125 e. The van der Waals surface area contributed by atoms with Gasteiger partial charge in [0.25, 0.3) is 0 Å². The fourth-order valence-electron chi connectivity index (χ4n) is 5.16. The van der Waals surface area contributed by atoms with Crippen molar-refractivity contribution in [3.8, 4) is 0 Å². The molecule has 0 aromatic heterocycles. The lowest BCUT2D eigenvalue weighted by atomic mass is 9.92. The molecule has 2 unspecified atom stereocenters. The molecule has 2 nitrogen and oxygen atoms in total. The Morgan fingerprint density at radius 3 is 1.00 bits per heavy atom. The lowest BCUT2D eigenvalue weighted by Gasteiger charge is -2.17. The minimum atomic E-state index is -0.419. The highest BCUT2D eigenvalue weighted by Gasteiger charge is 2.17.